The molecule has 0 saturated heterocycles. The molecule has 3 rings (SSSR count). The Morgan fingerprint density at radius 1 is 1.18 bits per heavy atom. The Kier molecular flexibility index (Phi) is 9.22. The fraction of sp³-hybridized carbons (Fsp3) is 0.182. The van der Waals surface area contributed by atoms with Crippen molar-refractivity contribution in [2.24, 2.45) is 0 Å². The number of nitrogens with zero attached hydrogens (tertiary/aromatic N) is 5. The maximum atomic E-state index is 13.2. The monoisotopic (exact) mass is 580 g/mol. The molecule has 0 bridgehead atoms. The molecule has 0 radical (unpaired) electrons. The molecular formula is C22H21ClN6O7S2. The van der Waals surface area contributed by atoms with Gasteiger partial charge in [0.2, 0.25) is 10.0 Å². The van der Waals surface area contributed by atoms with E-state index < -0.39 is 32.6 Å². The smallest absolute Gasteiger partial charge is 0.340 e. The number of urea groups is 1. The topological polar surface area (TPSA) is 165 Å². The summed E-state index contributed by atoms with van der Waals surface area (Å²) in [4.78, 5) is 44.5. The first-order chi connectivity index (χ1) is 17.9. The Morgan fingerprint density at radius 2 is 1.84 bits per heavy atom. The number of hydrogen-bond donors (Lipinski definition) is 1. The van der Waals surface area contributed by atoms with Crippen molar-refractivity contribution in [3.05, 3.63) is 81.1 Å². The van der Waals surface area contributed by atoms with Gasteiger partial charge in [-0.2, -0.15) is 0 Å². The third-order valence-corrected chi connectivity index (χ3v) is 7.93. The summed E-state index contributed by atoms with van der Waals surface area (Å²) in [7, 11) is -3.76. The number of amides is 3. The normalized spacial score (nSPS) is 11.2. The molecule has 16 heteroatoms. The SMILES string of the molecule is CCN(SN(C(=O)NC(=O)c1ccccc1[N+](=O)[O-])c1ccc(Oc2ncc(Cl)cn2)c(C)c1)S(C)(=O)=O. The number of carbonyl (C=O) groups is 2. The average molecular weight is 581 g/mol. The molecule has 0 fully saturated rings. The second-order valence-electron chi connectivity index (χ2n) is 7.53. The summed E-state index contributed by atoms with van der Waals surface area (Å²) in [6.07, 6.45) is 3.68. The third-order valence-electron chi connectivity index (χ3n) is 4.74. The van der Waals surface area contributed by atoms with Gasteiger partial charge in [0.15, 0.2) is 0 Å². The molecule has 0 aliphatic heterocycles. The van der Waals surface area contributed by atoms with Crippen molar-refractivity contribution in [2.45, 2.75) is 13.8 Å². The van der Waals surface area contributed by atoms with Crippen LogP contribution in [0.5, 0.6) is 11.8 Å². The fourth-order valence-electron chi connectivity index (χ4n) is 3.01. The maximum Gasteiger partial charge on any atom is 0.340 e. The number of nitro groups is 1. The predicted octanol–water partition coefficient (Wildman–Crippen LogP) is 4.34. The standard InChI is InChI=1S/C22H21ClN6O7S2/c1-4-27(38(3,34)35)37-28(22(31)26-20(30)17-7-5-6-8-18(17)29(32)33)16-9-10-19(14(2)11-16)36-21-24-12-15(23)13-25-21/h5-13H,4H2,1-3H3,(H,26,30,31). The quantitative estimate of drug-likeness (QED) is 0.218. The summed E-state index contributed by atoms with van der Waals surface area (Å²) < 4.78 is 32.0. The van der Waals surface area contributed by atoms with E-state index in [2.05, 4.69) is 15.3 Å². The van der Waals surface area contributed by atoms with E-state index in [1.807, 2.05) is 0 Å². The van der Waals surface area contributed by atoms with Crippen molar-refractivity contribution in [3.8, 4) is 11.8 Å². The van der Waals surface area contributed by atoms with Gasteiger partial charge in [-0.3, -0.25) is 20.2 Å². The number of hydrogen-bond acceptors (Lipinski definition) is 10. The van der Waals surface area contributed by atoms with Gasteiger partial charge in [-0.15, -0.1) is 3.71 Å². The molecule has 0 aliphatic rings. The molecular weight excluding hydrogens is 560 g/mol. The molecule has 0 aliphatic carbocycles. The lowest BCUT2D eigenvalue weighted by Crippen LogP contribution is -2.42. The first kappa shape index (κ1) is 28.8. The number of para-hydroxylation sites is 1. The van der Waals surface area contributed by atoms with Crippen molar-refractivity contribution in [2.75, 3.05) is 17.1 Å². The van der Waals surface area contributed by atoms with Gasteiger partial charge >= 0.3 is 12.0 Å². The lowest BCUT2D eigenvalue weighted by Gasteiger charge is -2.26. The number of nitro benzene ring substituents is 1. The lowest BCUT2D eigenvalue weighted by atomic mass is 10.1. The number of sulfonamides is 1. The van der Waals surface area contributed by atoms with E-state index in [0.717, 1.165) is 20.3 Å². The van der Waals surface area contributed by atoms with Gasteiger partial charge < -0.3 is 4.74 Å². The number of benzene rings is 2. The number of nitrogens with one attached hydrogen (secondary N) is 1. The Morgan fingerprint density at radius 3 is 2.42 bits per heavy atom. The minimum Gasteiger partial charge on any atom is -0.424 e. The summed E-state index contributed by atoms with van der Waals surface area (Å²) in [5.41, 5.74) is -0.127. The van der Waals surface area contributed by atoms with Crippen LogP contribution in [0.3, 0.4) is 0 Å². The van der Waals surface area contributed by atoms with Crippen LogP contribution in [-0.4, -0.2) is 51.8 Å². The van der Waals surface area contributed by atoms with E-state index >= 15 is 0 Å². The Labute approximate surface area is 227 Å². The van der Waals surface area contributed by atoms with Crippen LogP contribution in [0.25, 0.3) is 0 Å². The highest BCUT2D eigenvalue weighted by Gasteiger charge is 2.29. The van der Waals surface area contributed by atoms with E-state index in [9.17, 15) is 28.1 Å². The van der Waals surface area contributed by atoms with Gasteiger partial charge in [0, 0.05) is 12.6 Å². The summed E-state index contributed by atoms with van der Waals surface area (Å²) >= 11 is 6.31. The fourth-order valence-corrected chi connectivity index (χ4v) is 4.89. The van der Waals surface area contributed by atoms with Gasteiger partial charge in [-0.05, 0) is 36.8 Å². The van der Waals surface area contributed by atoms with Crippen molar-refractivity contribution in [3.63, 3.8) is 0 Å². The molecule has 3 amide bonds. The third kappa shape index (κ3) is 7.16. The van der Waals surface area contributed by atoms with Crippen molar-refractivity contribution in [1.82, 2.24) is 19.0 Å². The zero-order chi connectivity index (χ0) is 28.0. The van der Waals surface area contributed by atoms with Crippen LogP contribution in [0.4, 0.5) is 16.2 Å². The van der Waals surface area contributed by atoms with E-state index in [0.29, 0.717) is 28.5 Å². The maximum absolute atomic E-state index is 13.2. The predicted molar refractivity (Wildman–Crippen MR) is 142 cm³/mol. The van der Waals surface area contributed by atoms with Crippen LogP contribution >= 0.6 is 23.7 Å². The van der Waals surface area contributed by atoms with Crippen molar-refractivity contribution >= 4 is 57.1 Å². The zero-order valence-electron chi connectivity index (χ0n) is 20.2. The van der Waals surface area contributed by atoms with Crippen LogP contribution < -0.4 is 14.4 Å². The summed E-state index contributed by atoms with van der Waals surface area (Å²) in [5, 5.41) is 13.7. The van der Waals surface area contributed by atoms with Crippen molar-refractivity contribution < 1.29 is 27.7 Å². The van der Waals surface area contributed by atoms with Crippen LogP contribution in [-0.2, 0) is 10.0 Å². The van der Waals surface area contributed by atoms with Crippen LogP contribution in [0, 0.1) is 17.0 Å². The van der Waals surface area contributed by atoms with Crippen LogP contribution in [0.1, 0.15) is 22.8 Å². The van der Waals surface area contributed by atoms with E-state index in [4.69, 9.17) is 16.3 Å². The molecule has 1 aromatic heterocycles. The highest BCUT2D eigenvalue weighted by molar-refractivity contribution is 8.09. The molecule has 38 heavy (non-hydrogen) atoms. The van der Waals surface area contributed by atoms with Crippen molar-refractivity contribution in [1.29, 1.82) is 0 Å². The van der Waals surface area contributed by atoms with Gasteiger partial charge in [0.1, 0.15) is 11.3 Å². The number of halogens is 1. The Hall–Kier alpha value is -3.79. The molecule has 2 aromatic carbocycles. The first-order valence-electron chi connectivity index (χ1n) is 10.7. The molecule has 13 nitrogen and oxygen atoms in total. The van der Waals surface area contributed by atoms with Crippen LogP contribution in [0.2, 0.25) is 5.02 Å². The Bertz CT molecular complexity index is 1470. The van der Waals surface area contributed by atoms with Gasteiger partial charge in [0.05, 0.1) is 46.4 Å². The molecule has 0 spiro atoms. The molecule has 0 unspecified atom stereocenters. The Balaban J connectivity index is 1.94. The number of aromatic nitrogens is 2. The summed E-state index contributed by atoms with van der Waals surface area (Å²) in [6.45, 7) is 3.23. The number of anilines is 1. The number of imide groups is 1. The number of carbonyl (C=O) groups excluding carboxylic acids is 2. The lowest BCUT2D eigenvalue weighted by molar-refractivity contribution is -0.385. The molecule has 200 valence electrons. The minimum atomic E-state index is -3.76. The molecule has 3 aromatic rings. The molecule has 1 N–H and O–H groups in total. The highest BCUT2D eigenvalue weighted by atomic mass is 35.5. The highest BCUT2D eigenvalue weighted by Crippen LogP contribution is 2.32. The molecule has 0 atom stereocenters. The minimum absolute atomic E-state index is 0.000530. The molecule has 1 heterocycles. The second-order valence-corrected chi connectivity index (χ2v) is 11.1. The summed E-state index contributed by atoms with van der Waals surface area (Å²) in [6, 6.07) is 8.58. The van der Waals surface area contributed by atoms with Crippen LogP contribution in [0.15, 0.2) is 54.9 Å². The van der Waals surface area contributed by atoms with Gasteiger partial charge in [-0.1, -0.05) is 30.7 Å². The zero-order valence-corrected chi connectivity index (χ0v) is 22.6. The number of aryl methyl sites for hydroxylation is 1. The van der Waals surface area contributed by atoms with E-state index in [1.54, 1.807) is 13.8 Å². The van der Waals surface area contributed by atoms with E-state index in [1.165, 1.54) is 48.8 Å². The average Bonchev–Trinajstić information content (AvgIpc) is 2.86. The number of ether oxygens (including phenoxy) is 1. The second kappa shape index (κ2) is 12.2. The van der Waals surface area contributed by atoms with E-state index in [-0.39, 0.29) is 23.8 Å². The summed E-state index contributed by atoms with van der Waals surface area (Å²) in [5.74, 6) is -0.695. The van der Waals surface area contributed by atoms with Gasteiger partial charge in [-0.25, -0.2) is 27.5 Å². The molecule has 0 saturated carbocycles. The van der Waals surface area contributed by atoms with Gasteiger partial charge in [0.25, 0.3) is 11.6 Å². The number of rotatable bonds is 9. The first-order valence-corrected chi connectivity index (χ1v) is 13.7. The largest absolute Gasteiger partial charge is 0.424 e.